The Hall–Kier alpha value is -0.850. The van der Waals surface area contributed by atoms with Gasteiger partial charge in [0.05, 0.1) is 4.90 Å². The number of aromatic nitrogens is 1. The van der Waals surface area contributed by atoms with Crippen LogP contribution in [0.5, 0.6) is 0 Å². The summed E-state index contributed by atoms with van der Waals surface area (Å²) in [6.45, 7) is 5.52. The molecule has 19 heavy (non-hydrogen) atoms. The molecule has 0 aliphatic heterocycles. The molecule has 1 heterocycles. The van der Waals surface area contributed by atoms with Crippen LogP contribution in [0.4, 0.5) is 0 Å². The zero-order valence-electron chi connectivity index (χ0n) is 11.6. The van der Waals surface area contributed by atoms with E-state index in [2.05, 4.69) is 15.0 Å². The highest BCUT2D eigenvalue weighted by atomic mass is 32.2. The Labute approximate surface area is 115 Å². The fraction of sp³-hybridized carbons (Fsp3) is 0.692. The summed E-state index contributed by atoms with van der Waals surface area (Å²) in [5, 5.41) is 3.16. The van der Waals surface area contributed by atoms with Crippen LogP contribution < -0.4 is 10.0 Å². The lowest BCUT2D eigenvalue weighted by Gasteiger charge is -2.24. The quantitative estimate of drug-likeness (QED) is 0.745. The van der Waals surface area contributed by atoms with E-state index in [1.807, 2.05) is 13.8 Å². The van der Waals surface area contributed by atoms with E-state index in [9.17, 15) is 8.42 Å². The molecule has 0 saturated heterocycles. The fourth-order valence-corrected chi connectivity index (χ4v) is 4.06. The van der Waals surface area contributed by atoms with Crippen molar-refractivity contribution in [1.29, 1.82) is 0 Å². The molecule has 5 nitrogen and oxygen atoms in total. The third kappa shape index (κ3) is 3.58. The van der Waals surface area contributed by atoms with Gasteiger partial charge in [0.15, 0.2) is 0 Å². The first-order valence-electron chi connectivity index (χ1n) is 6.87. The van der Waals surface area contributed by atoms with E-state index in [1.54, 1.807) is 12.3 Å². The minimum atomic E-state index is -3.42. The van der Waals surface area contributed by atoms with Gasteiger partial charge in [-0.1, -0.05) is 19.8 Å². The van der Waals surface area contributed by atoms with Crippen molar-refractivity contribution >= 4 is 10.0 Å². The maximum atomic E-state index is 12.3. The Morgan fingerprint density at radius 2 is 2.05 bits per heavy atom. The molecule has 0 amide bonds. The van der Waals surface area contributed by atoms with Crippen molar-refractivity contribution in [3.05, 3.63) is 18.0 Å². The summed E-state index contributed by atoms with van der Waals surface area (Å²) in [7, 11) is -3.42. The zero-order valence-corrected chi connectivity index (χ0v) is 12.4. The van der Waals surface area contributed by atoms with Crippen LogP contribution in [0.1, 0.15) is 45.2 Å². The van der Waals surface area contributed by atoms with E-state index in [4.69, 9.17) is 0 Å². The van der Waals surface area contributed by atoms with E-state index in [1.165, 1.54) is 0 Å². The number of rotatable bonds is 6. The van der Waals surface area contributed by atoms with Gasteiger partial charge in [0.2, 0.25) is 10.0 Å². The Bertz CT molecular complexity index is 516. The lowest BCUT2D eigenvalue weighted by atomic mass is 10.0. The van der Waals surface area contributed by atoms with Crippen LogP contribution in [0.25, 0.3) is 0 Å². The molecule has 0 spiro atoms. The van der Waals surface area contributed by atoms with Crippen molar-refractivity contribution in [2.75, 3.05) is 6.54 Å². The molecule has 2 rings (SSSR count). The molecule has 1 aliphatic rings. The van der Waals surface area contributed by atoms with E-state index < -0.39 is 10.0 Å². The Morgan fingerprint density at radius 3 is 2.68 bits per heavy atom. The summed E-state index contributed by atoms with van der Waals surface area (Å²) in [5.74, 6) is 0. The predicted octanol–water partition coefficient (Wildman–Crippen LogP) is 1.74. The van der Waals surface area contributed by atoms with Gasteiger partial charge in [-0.05, 0) is 32.4 Å². The maximum absolute atomic E-state index is 12.3. The van der Waals surface area contributed by atoms with Gasteiger partial charge in [-0.2, -0.15) is 0 Å². The Kier molecular flexibility index (Phi) is 4.32. The molecule has 1 aromatic rings. The number of hydrogen-bond donors (Lipinski definition) is 3. The largest absolute Gasteiger partial charge is 0.363 e. The van der Waals surface area contributed by atoms with Crippen LogP contribution in [0.15, 0.2) is 17.2 Å². The van der Waals surface area contributed by atoms with Crippen LogP contribution in [0, 0.1) is 0 Å². The Balaban J connectivity index is 2.08. The predicted molar refractivity (Wildman–Crippen MR) is 75.4 cm³/mol. The van der Waals surface area contributed by atoms with E-state index in [0.29, 0.717) is 11.4 Å². The minimum absolute atomic E-state index is 0.280. The molecular formula is C13H23N3O2S. The van der Waals surface area contributed by atoms with Gasteiger partial charge in [0, 0.05) is 24.0 Å². The van der Waals surface area contributed by atoms with Crippen molar-refractivity contribution in [1.82, 2.24) is 15.0 Å². The number of aromatic amines is 1. The van der Waals surface area contributed by atoms with Crippen LogP contribution >= 0.6 is 0 Å². The third-order valence-corrected chi connectivity index (χ3v) is 5.30. The number of sulfonamides is 1. The van der Waals surface area contributed by atoms with Crippen LogP contribution in [-0.2, 0) is 16.6 Å². The second-order valence-corrected chi connectivity index (χ2v) is 7.20. The monoisotopic (exact) mass is 285 g/mol. The van der Waals surface area contributed by atoms with Crippen molar-refractivity contribution < 1.29 is 8.42 Å². The first-order valence-corrected chi connectivity index (χ1v) is 8.35. The highest BCUT2D eigenvalue weighted by molar-refractivity contribution is 7.89. The number of hydrogen-bond acceptors (Lipinski definition) is 3. The van der Waals surface area contributed by atoms with Gasteiger partial charge in [-0.3, -0.25) is 0 Å². The smallest absolute Gasteiger partial charge is 0.242 e. The molecule has 0 bridgehead atoms. The maximum Gasteiger partial charge on any atom is 0.242 e. The SMILES string of the molecule is CCNCc1cc(S(=O)(=O)NC2(C)CCCC2)c[nH]1. The average molecular weight is 285 g/mol. The first kappa shape index (κ1) is 14.6. The van der Waals surface area contributed by atoms with E-state index in [-0.39, 0.29) is 5.54 Å². The number of nitrogens with one attached hydrogen (secondary N) is 3. The summed E-state index contributed by atoms with van der Waals surface area (Å²) in [5.41, 5.74) is 0.608. The molecule has 1 aromatic heterocycles. The highest BCUT2D eigenvalue weighted by Crippen LogP contribution is 2.30. The molecule has 6 heteroatoms. The average Bonchev–Trinajstić information content (AvgIpc) is 2.95. The van der Waals surface area contributed by atoms with E-state index in [0.717, 1.165) is 37.9 Å². The van der Waals surface area contributed by atoms with Crippen molar-refractivity contribution in [3.63, 3.8) is 0 Å². The molecule has 0 aromatic carbocycles. The normalized spacial score (nSPS) is 18.8. The lowest BCUT2D eigenvalue weighted by molar-refractivity contribution is 0.427. The van der Waals surface area contributed by atoms with Crippen LogP contribution in [0.3, 0.4) is 0 Å². The molecule has 0 radical (unpaired) electrons. The van der Waals surface area contributed by atoms with Gasteiger partial charge in [-0.15, -0.1) is 0 Å². The van der Waals surface area contributed by atoms with Crippen molar-refractivity contribution in [2.24, 2.45) is 0 Å². The molecule has 0 atom stereocenters. The molecule has 0 unspecified atom stereocenters. The standard InChI is InChI=1S/C13H23N3O2S/c1-3-14-9-11-8-12(10-15-11)19(17,18)16-13(2)6-4-5-7-13/h8,10,14-16H,3-7,9H2,1-2H3. The summed E-state index contributed by atoms with van der Waals surface area (Å²) >= 11 is 0. The molecule has 3 N–H and O–H groups in total. The summed E-state index contributed by atoms with van der Waals surface area (Å²) < 4.78 is 27.5. The lowest BCUT2D eigenvalue weighted by Crippen LogP contribution is -2.43. The highest BCUT2D eigenvalue weighted by Gasteiger charge is 2.33. The Morgan fingerprint density at radius 1 is 1.37 bits per heavy atom. The first-order chi connectivity index (χ1) is 8.95. The molecule has 108 valence electrons. The summed E-state index contributed by atoms with van der Waals surface area (Å²) in [6.07, 6.45) is 5.59. The van der Waals surface area contributed by atoms with Crippen LogP contribution in [-0.4, -0.2) is 25.5 Å². The van der Waals surface area contributed by atoms with Crippen LogP contribution in [0.2, 0.25) is 0 Å². The summed E-state index contributed by atoms with van der Waals surface area (Å²) in [4.78, 5) is 3.33. The van der Waals surface area contributed by atoms with E-state index >= 15 is 0 Å². The van der Waals surface area contributed by atoms with Gasteiger partial charge in [0.1, 0.15) is 0 Å². The summed E-state index contributed by atoms with van der Waals surface area (Å²) in [6, 6.07) is 1.70. The molecular weight excluding hydrogens is 262 g/mol. The van der Waals surface area contributed by atoms with Gasteiger partial charge in [0.25, 0.3) is 0 Å². The second kappa shape index (κ2) is 5.64. The second-order valence-electron chi connectivity index (χ2n) is 5.51. The molecule has 1 saturated carbocycles. The van der Waals surface area contributed by atoms with Gasteiger partial charge in [-0.25, -0.2) is 13.1 Å². The minimum Gasteiger partial charge on any atom is -0.363 e. The molecule has 1 fully saturated rings. The van der Waals surface area contributed by atoms with Crippen molar-refractivity contribution in [2.45, 2.75) is 56.5 Å². The fourth-order valence-electron chi connectivity index (χ4n) is 2.58. The van der Waals surface area contributed by atoms with Crippen molar-refractivity contribution in [3.8, 4) is 0 Å². The molecule has 1 aliphatic carbocycles. The zero-order chi connectivity index (χ0) is 13.9. The van der Waals surface area contributed by atoms with Gasteiger partial charge >= 0.3 is 0 Å². The third-order valence-electron chi connectivity index (χ3n) is 3.68. The topological polar surface area (TPSA) is 74.0 Å². The number of H-pyrrole nitrogens is 1. The van der Waals surface area contributed by atoms with Gasteiger partial charge < -0.3 is 10.3 Å².